The Bertz CT molecular complexity index is 1040. The Morgan fingerprint density at radius 2 is 1.85 bits per heavy atom. The van der Waals surface area contributed by atoms with Crippen molar-refractivity contribution in [2.45, 2.75) is 6.92 Å². The maximum absolute atomic E-state index is 12.4. The maximum Gasteiger partial charge on any atom is 0.375 e. The molecule has 3 rings (SSSR count). The molecule has 0 saturated carbocycles. The van der Waals surface area contributed by atoms with Gasteiger partial charge in [-0.05, 0) is 12.3 Å². The van der Waals surface area contributed by atoms with Crippen molar-refractivity contribution in [3.8, 4) is 0 Å². The first-order chi connectivity index (χ1) is 12.9. The third kappa shape index (κ3) is 3.62. The smallest absolute Gasteiger partial charge is 0.375 e. The Balaban J connectivity index is 1.78. The van der Waals surface area contributed by atoms with Crippen LogP contribution in [0.25, 0.3) is 21.7 Å². The molecule has 3 aromatic rings. The van der Waals surface area contributed by atoms with Gasteiger partial charge in [0.25, 0.3) is 5.91 Å². The van der Waals surface area contributed by atoms with Gasteiger partial charge in [0.1, 0.15) is 5.58 Å². The van der Waals surface area contributed by atoms with Crippen molar-refractivity contribution in [1.82, 2.24) is 10.2 Å². The molecule has 0 spiro atoms. The summed E-state index contributed by atoms with van der Waals surface area (Å²) in [5.74, 6) is -1.43. The van der Waals surface area contributed by atoms with Crippen molar-refractivity contribution in [2.24, 2.45) is 0 Å². The number of benzene rings is 2. The molecule has 0 bridgehead atoms. The van der Waals surface area contributed by atoms with Crippen LogP contribution in [0.1, 0.15) is 16.1 Å². The number of hydrogen-bond donors (Lipinski definition) is 1. The van der Waals surface area contributed by atoms with Crippen molar-refractivity contribution in [3.63, 3.8) is 0 Å². The third-order valence-electron chi connectivity index (χ3n) is 4.43. The van der Waals surface area contributed by atoms with E-state index in [0.717, 1.165) is 16.2 Å². The number of nitrogens with one attached hydrogen (secondary N) is 1. The fraction of sp³-hybridized carbons (Fsp3) is 0.250. The molecular formula is C20H20N2O5. The highest BCUT2D eigenvalue weighted by molar-refractivity contribution is 6.08. The van der Waals surface area contributed by atoms with Gasteiger partial charge < -0.3 is 19.4 Å². The zero-order valence-corrected chi connectivity index (χ0v) is 15.4. The van der Waals surface area contributed by atoms with Crippen LogP contribution in [0.5, 0.6) is 0 Å². The summed E-state index contributed by atoms with van der Waals surface area (Å²) in [4.78, 5) is 36.9. The van der Waals surface area contributed by atoms with Crippen LogP contribution in [0.2, 0.25) is 0 Å². The molecule has 7 heteroatoms. The lowest BCUT2D eigenvalue weighted by Crippen LogP contribution is -2.39. The zero-order chi connectivity index (χ0) is 19.6. The highest BCUT2D eigenvalue weighted by Gasteiger charge is 2.22. The molecule has 1 N–H and O–H groups in total. The van der Waals surface area contributed by atoms with E-state index in [9.17, 15) is 14.4 Å². The molecule has 0 saturated heterocycles. The summed E-state index contributed by atoms with van der Waals surface area (Å²) < 4.78 is 10.9. The summed E-state index contributed by atoms with van der Waals surface area (Å²) in [7, 11) is 2.94. The maximum atomic E-state index is 12.4. The minimum Gasteiger partial charge on any atom is -0.450 e. The minimum atomic E-state index is -0.713. The molecule has 27 heavy (non-hydrogen) atoms. The van der Waals surface area contributed by atoms with Crippen molar-refractivity contribution in [1.29, 1.82) is 0 Å². The number of carbonyl (C=O) groups excluding carboxylic acids is 3. The summed E-state index contributed by atoms with van der Waals surface area (Å²) in [6, 6.07) is 11.6. The van der Waals surface area contributed by atoms with Gasteiger partial charge >= 0.3 is 5.97 Å². The van der Waals surface area contributed by atoms with Crippen molar-refractivity contribution in [3.05, 3.63) is 47.7 Å². The molecule has 1 heterocycles. The Labute approximate surface area is 155 Å². The van der Waals surface area contributed by atoms with Crippen LogP contribution < -0.4 is 5.32 Å². The normalized spacial score (nSPS) is 10.8. The Hall–Kier alpha value is -3.35. The highest BCUT2D eigenvalue weighted by Crippen LogP contribution is 2.31. The summed E-state index contributed by atoms with van der Waals surface area (Å²) >= 11 is 0. The van der Waals surface area contributed by atoms with Crippen LogP contribution >= 0.6 is 0 Å². The van der Waals surface area contributed by atoms with Gasteiger partial charge in [-0.1, -0.05) is 36.4 Å². The van der Waals surface area contributed by atoms with Crippen LogP contribution in [-0.4, -0.2) is 49.9 Å². The molecule has 0 fully saturated rings. The van der Waals surface area contributed by atoms with E-state index < -0.39 is 18.5 Å². The summed E-state index contributed by atoms with van der Waals surface area (Å²) in [5, 5.41) is 5.15. The second-order valence-electron chi connectivity index (χ2n) is 6.22. The van der Waals surface area contributed by atoms with Gasteiger partial charge in [-0.15, -0.1) is 0 Å². The number of nitrogens with zero attached hydrogens (tertiary/aromatic N) is 1. The second-order valence-corrected chi connectivity index (χ2v) is 6.22. The summed E-state index contributed by atoms with van der Waals surface area (Å²) in [5.41, 5.74) is 1.27. The van der Waals surface area contributed by atoms with E-state index in [1.165, 1.54) is 19.0 Å². The van der Waals surface area contributed by atoms with E-state index in [1.807, 2.05) is 36.4 Å². The van der Waals surface area contributed by atoms with E-state index >= 15 is 0 Å². The second kappa shape index (κ2) is 7.49. The van der Waals surface area contributed by atoms with E-state index in [-0.39, 0.29) is 18.2 Å². The van der Waals surface area contributed by atoms with Crippen LogP contribution in [0, 0.1) is 6.92 Å². The zero-order valence-electron chi connectivity index (χ0n) is 15.4. The van der Waals surface area contributed by atoms with Crippen LogP contribution in [0.4, 0.5) is 0 Å². The van der Waals surface area contributed by atoms with E-state index in [0.29, 0.717) is 11.1 Å². The average Bonchev–Trinajstić information content (AvgIpc) is 3.02. The SMILES string of the molecule is CNC(=O)CN(C)C(=O)COC(=O)c1oc2c(ccc3ccccc32)c1C. The van der Waals surface area contributed by atoms with Gasteiger partial charge in [-0.25, -0.2) is 4.79 Å². The summed E-state index contributed by atoms with van der Waals surface area (Å²) in [6.45, 7) is 1.20. The molecule has 0 unspecified atom stereocenters. The lowest BCUT2D eigenvalue weighted by molar-refractivity contribution is -0.137. The monoisotopic (exact) mass is 368 g/mol. The number of aryl methyl sites for hydroxylation is 1. The molecule has 2 amide bonds. The van der Waals surface area contributed by atoms with Gasteiger partial charge in [-0.3, -0.25) is 9.59 Å². The molecule has 0 aliphatic rings. The number of esters is 1. The predicted molar refractivity (Wildman–Crippen MR) is 100 cm³/mol. The van der Waals surface area contributed by atoms with Crippen LogP contribution in [0.15, 0.2) is 40.8 Å². The molecule has 0 radical (unpaired) electrons. The topological polar surface area (TPSA) is 88.9 Å². The van der Waals surface area contributed by atoms with Crippen molar-refractivity contribution >= 4 is 39.5 Å². The van der Waals surface area contributed by atoms with E-state index in [4.69, 9.17) is 9.15 Å². The van der Waals surface area contributed by atoms with Gasteiger partial charge in [0, 0.05) is 30.4 Å². The largest absolute Gasteiger partial charge is 0.450 e. The molecule has 140 valence electrons. The number of carbonyl (C=O) groups is 3. The van der Waals surface area contributed by atoms with Gasteiger partial charge in [0.2, 0.25) is 11.7 Å². The molecule has 0 atom stereocenters. The molecular weight excluding hydrogens is 348 g/mol. The van der Waals surface area contributed by atoms with Gasteiger partial charge in [0.05, 0.1) is 6.54 Å². The number of hydrogen-bond acceptors (Lipinski definition) is 5. The Morgan fingerprint density at radius 1 is 1.11 bits per heavy atom. The lowest BCUT2D eigenvalue weighted by Gasteiger charge is -2.15. The van der Waals surface area contributed by atoms with Crippen molar-refractivity contribution in [2.75, 3.05) is 27.2 Å². The number of likely N-dealkylation sites (N-methyl/N-ethyl adjacent to an activating group) is 2. The first-order valence-electron chi connectivity index (χ1n) is 8.45. The number of rotatable bonds is 5. The average molecular weight is 368 g/mol. The molecule has 0 aliphatic heterocycles. The number of ether oxygens (including phenoxy) is 1. The Kier molecular flexibility index (Phi) is 5.12. The predicted octanol–water partition coefficient (Wildman–Crippen LogP) is 2.26. The van der Waals surface area contributed by atoms with Gasteiger partial charge in [0.15, 0.2) is 6.61 Å². The number of furan rings is 1. The fourth-order valence-electron chi connectivity index (χ4n) is 2.83. The quantitative estimate of drug-likeness (QED) is 0.698. The summed E-state index contributed by atoms with van der Waals surface area (Å²) in [6.07, 6.45) is 0. The molecule has 2 aromatic carbocycles. The first-order valence-corrected chi connectivity index (χ1v) is 8.45. The molecule has 0 aliphatic carbocycles. The van der Waals surface area contributed by atoms with E-state index in [2.05, 4.69) is 5.32 Å². The minimum absolute atomic E-state index is 0.0723. The highest BCUT2D eigenvalue weighted by atomic mass is 16.5. The van der Waals surface area contributed by atoms with Gasteiger partial charge in [-0.2, -0.15) is 0 Å². The Morgan fingerprint density at radius 3 is 2.59 bits per heavy atom. The molecule has 7 nitrogen and oxygen atoms in total. The fourth-order valence-corrected chi connectivity index (χ4v) is 2.83. The third-order valence-corrected chi connectivity index (χ3v) is 4.43. The number of amides is 2. The van der Waals surface area contributed by atoms with Crippen LogP contribution in [0.3, 0.4) is 0 Å². The lowest BCUT2D eigenvalue weighted by atomic mass is 10.1. The van der Waals surface area contributed by atoms with E-state index in [1.54, 1.807) is 6.92 Å². The van der Waals surface area contributed by atoms with Crippen molar-refractivity contribution < 1.29 is 23.5 Å². The standard InChI is InChI=1S/C20H20N2O5/c1-12-14-9-8-13-6-4-5-7-15(13)19(14)27-18(12)20(25)26-11-17(24)22(3)10-16(23)21-2/h4-9H,10-11H2,1-3H3,(H,21,23). The number of fused-ring (bicyclic) bond motifs is 3. The molecule has 1 aromatic heterocycles. The van der Waals surface area contributed by atoms with Crippen LogP contribution in [-0.2, 0) is 14.3 Å². The first kappa shape index (κ1) is 18.4.